The minimum Gasteiger partial charge on any atom is -0.497 e. The number of ether oxygens (including phenoxy) is 1. The Bertz CT molecular complexity index is 898. The number of nitrogens with zero attached hydrogens (tertiary/aromatic N) is 4. The molecule has 1 saturated heterocycles. The molecule has 0 bridgehead atoms. The highest BCUT2D eigenvalue weighted by atomic mass is 16.5. The second kappa shape index (κ2) is 7.63. The lowest BCUT2D eigenvalue weighted by Gasteiger charge is -2.34. The average Bonchev–Trinajstić information content (AvgIpc) is 3.40. The number of piperazine rings is 1. The van der Waals surface area contributed by atoms with Crippen molar-refractivity contribution >= 4 is 5.91 Å². The Kier molecular flexibility index (Phi) is 4.88. The second-order valence-electron chi connectivity index (χ2n) is 6.29. The first kappa shape index (κ1) is 17.3. The lowest BCUT2D eigenvalue weighted by Crippen LogP contribution is -2.48. The number of hydrogen-bond acceptors (Lipinski definition) is 7. The lowest BCUT2D eigenvalue weighted by molar-refractivity contribution is 0.0615. The van der Waals surface area contributed by atoms with Crippen LogP contribution in [0.3, 0.4) is 0 Å². The van der Waals surface area contributed by atoms with Gasteiger partial charge in [0.05, 0.1) is 19.9 Å². The van der Waals surface area contributed by atoms with E-state index in [1.54, 1.807) is 31.6 Å². The first-order valence-corrected chi connectivity index (χ1v) is 8.75. The predicted octanol–water partition coefficient (Wildman–Crippen LogP) is 2.30. The molecule has 1 aliphatic heterocycles. The van der Waals surface area contributed by atoms with Gasteiger partial charge in [0.15, 0.2) is 5.76 Å². The summed E-state index contributed by atoms with van der Waals surface area (Å²) < 4.78 is 15.8. The number of furan rings is 1. The predicted molar refractivity (Wildman–Crippen MR) is 96.2 cm³/mol. The van der Waals surface area contributed by atoms with E-state index in [-0.39, 0.29) is 5.91 Å². The average molecular weight is 368 g/mol. The molecule has 3 heterocycles. The molecule has 0 aliphatic carbocycles. The van der Waals surface area contributed by atoms with Gasteiger partial charge in [0.25, 0.3) is 5.91 Å². The maximum Gasteiger partial charge on any atom is 0.254 e. The summed E-state index contributed by atoms with van der Waals surface area (Å²) in [5.41, 5.74) is 0.641. The van der Waals surface area contributed by atoms with Gasteiger partial charge in [-0.2, -0.15) is 4.98 Å². The Labute approximate surface area is 156 Å². The van der Waals surface area contributed by atoms with Gasteiger partial charge in [-0.05, 0) is 30.3 Å². The van der Waals surface area contributed by atoms with Crippen molar-refractivity contribution in [1.82, 2.24) is 19.9 Å². The molecule has 0 saturated carbocycles. The van der Waals surface area contributed by atoms with Crippen LogP contribution < -0.4 is 4.74 Å². The molecule has 8 nitrogen and oxygen atoms in total. The molecule has 3 aromatic rings. The first-order chi connectivity index (χ1) is 13.2. The molecule has 1 aliphatic rings. The maximum absolute atomic E-state index is 12.7. The van der Waals surface area contributed by atoms with Crippen LogP contribution in [0.5, 0.6) is 5.75 Å². The molecule has 0 atom stereocenters. The van der Waals surface area contributed by atoms with Gasteiger partial charge in [-0.15, -0.1) is 0 Å². The summed E-state index contributed by atoms with van der Waals surface area (Å²) in [6.45, 7) is 3.34. The fourth-order valence-corrected chi connectivity index (χ4v) is 3.06. The van der Waals surface area contributed by atoms with Crippen LogP contribution in [0.4, 0.5) is 0 Å². The van der Waals surface area contributed by atoms with Crippen LogP contribution in [-0.2, 0) is 6.54 Å². The smallest absolute Gasteiger partial charge is 0.254 e. The van der Waals surface area contributed by atoms with Crippen molar-refractivity contribution in [2.24, 2.45) is 0 Å². The topological polar surface area (TPSA) is 84.8 Å². The fourth-order valence-electron chi connectivity index (χ4n) is 3.06. The summed E-state index contributed by atoms with van der Waals surface area (Å²) >= 11 is 0. The van der Waals surface area contributed by atoms with E-state index in [1.807, 2.05) is 23.1 Å². The van der Waals surface area contributed by atoms with E-state index in [2.05, 4.69) is 15.0 Å². The van der Waals surface area contributed by atoms with Crippen LogP contribution in [0.2, 0.25) is 0 Å². The van der Waals surface area contributed by atoms with Crippen LogP contribution in [0.1, 0.15) is 16.2 Å². The van der Waals surface area contributed by atoms with Crippen LogP contribution in [-0.4, -0.2) is 59.1 Å². The van der Waals surface area contributed by atoms with E-state index in [0.717, 1.165) is 13.1 Å². The quantitative estimate of drug-likeness (QED) is 0.683. The van der Waals surface area contributed by atoms with E-state index in [9.17, 15) is 4.79 Å². The molecule has 0 unspecified atom stereocenters. The summed E-state index contributed by atoms with van der Waals surface area (Å²) in [5, 5.41) is 3.94. The second-order valence-corrected chi connectivity index (χ2v) is 6.29. The lowest BCUT2D eigenvalue weighted by atomic mass is 10.1. The monoisotopic (exact) mass is 368 g/mol. The minimum absolute atomic E-state index is 0.0199. The van der Waals surface area contributed by atoms with Crippen molar-refractivity contribution < 1.29 is 18.5 Å². The maximum atomic E-state index is 12.7. The van der Waals surface area contributed by atoms with Gasteiger partial charge < -0.3 is 18.6 Å². The molecule has 0 spiro atoms. The largest absolute Gasteiger partial charge is 0.497 e. The molecule has 140 valence electrons. The normalized spacial score (nSPS) is 15.1. The highest BCUT2D eigenvalue weighted by molar-refractivity contribution is 5.94. The molecule has 2 aromatic heterocycles. The third kappa shape index (κ3) is 3.85. The highest BCUT2D eigenvalue weighted by Gasteiger charge is 2.24. The Morgan fingerprint density at radius 3 is 2.78 bits per heavy atom. The van der Waals surface area contributed by atoms with Crippen molar-refractivity contribution in [3.05, 3.63) is 54.1 Å². The Morgan fingerprint density at radius 2 is 2.04 bits per heavy atom. The zero-order chi connectivity index (χ0) is 18.6. The first-order valence-electron chi connectivity index (χ1n) is 8.75. The van der Waals surface area contributed by atoms with Crippen molar-refractivity contribution in [2.75, 3.05) is 33.3 Å². The number of benzene rings is 1. The number of rotatable bonds is 5. The van der Waals surface area contributed by atoms with Gasteiger partial charge >= 0.3 is 0 Å². The van der Waals surface area contributed by atoms with Crippen molar-refractivity contribution in [1.29, 1.82) is 0 Å². The van der Waals surface area contributed by atoms with E-state index in [4.69, 9.17) is 13.7 Å². The van der Waals surface area contributed by atoms with E-state index in [0.29, 0.717) is 48.4 Å². The van der Waals surface area contributed by atoms with Gasteiger partial charge in [0, 0.05) is 31.7 Å². The number of aromatic nitrogens is 2. The van der Waals surface area contributed by atoms with Gasteiger partial charge in [0.1, 0.15) is 5.75 Å². The third-order valence-electron chi connectivity index (χ3n) is 4.54. The van der Waals surface area contributed by atoms with Crippen molar-refractivity contribution in [3.63, 3.8) is 0 Å². The summed E-state index contributed by atoms with van der Waals surface area (Å²) in [4.78, 5) is 21.1. The van der Waals surface area contributed by atoms with Gasteiger partial charge in [0.2, 0.25) is 11.7 Å². The van der Waals surface area contributed by atoms with Gasteiger partial charge in [-0.25, -0.2) is 0 Å². The molecule has 4 rings (SSSR count). The standard InChI is InChI=1S/C19H20N4O4/c1-25-15-5-2-4-14(12-15)19(24)23-9-7-22(8-10-23)13-17-20-18(21-27-17)16-6-3-11-26-16/h2-6,11-12H,7-10,13H2,1H3. The van der Waals surface area contributed by atoms with E-state index in [1.165, 1.54) is 0 Å². The Balaban J connectivity index is 1.33. The van der Waals surface area contributed by atoms with Crippen LogP contribution in [0, 0.1) is 0 Å². The van der Waals surface area contributed by atoms with E-state index < -0.39 is 0 Å². The van der Waals surface area contributed by atoms with Crippen LogP contribution >= 0.6 is 0 Å². The summed E-state index contributed by atoms with van der Waals surface area (Å²) in [6.07, 6.45) is 1.57. The molecule has 0 radical (unpaired) electrons. The zero-order valence-electron chi connectivity index (χ0n) is 15.0. The summed E-state index contributed by atoms with van der Waals surface area (Å²) in [7, 11) is 1.59. The Morgan fingerprint density at radius 1 is 1.19 bits per heavy atom. The Hall–Kier alpha value is -3.13. The number of hydrogen-bond donors (Lipinski definition) is 0. The summed E-state index contributed by atoms with van der Waals surface area (Å²) in [5.74, 6) is 2.27. The summed E-state index contributed by atoms with van der Waals surface area (Å²) in [6, 6.07) is 10.8. The van der Waals surface area contributed by atoms with Crippen molar-refractivity contribution in [2.45, 2.75) is 6.54 Å². The molecule has 0 N–H and O–H groups in total. The fraction of sp³-hybridized carbons (Fsp3) is 0.316. The number of methoxy groups -OCH3 is 1. The molecule has 27 heavy (non-hydrogen) atoms. The molecule has 1 amide bonds. The molecular weight excluding hydrogens is 348 g/mol. The van der Waals surface area contributed by atoms with Gasteiger partial charge in [-0.1, -0.05) is 11.2 Å². The molecule has 1 aromatic carbocycles. The number of carbonyl (C=O) groups is 1. The van der Waals surface area contributed by atoms with Gasteiger partial charge in [-0.3, -0.25) is 9.69 Å². The van der Waals surface area contributed by atoms with Crippen molar-refractivity contribution in [3.8, 4) is 17.3 Å². The molecular formula is C19H20N4O4. The SMILES string of the molecule is COc1cccc(C(=O)N2CCN(Cc3nc(-c4ccco4)no3)CC2)c1. The number of carbonyl (C=O) groups excluding carboxylic acids is 1. The third-order valence-corrected chi connectivity index (χ3v) is 4.54. The zero-order valence-corrected chi connectivity index (χ0v) is 15.0. The van der Waals surface area contributed by atoms with E-state index >= 15 is 0 Å². The van der Waals surface area contributed by atoms with Crippen LogP contribution in [0.25, 0.3) is 11.6 Å². The molecule has 1 fully saturated rings. The molecule has 8 heteroatoms. The number of amides is 1. The van der Waals surface area contributed by atoms with Crippen LogP contribution in [0.15, 0.2) is 51.6 Å². The minimum atomic E-state index is 0.0199. The highest BCUT2D eigenvalue weighted by Crippen LogP contribution is 2.18.